The molecule has 21 heavy (non-hydrogen) atoms. The number of benzene rings is 2. The van der Waals surface area contributed by atoms with Crippen molar-refractivity contribution in [3.8, 4) is 0 Å². The van der Waals surface area contributed by atoms with Crippen LogP contribution in [0.15, 0.2) is 60.7 Å². The fourth-order valence-electron chi connectivity index (χ4n) is 2.52. The monoisotopic (exact) mass is 275 g/mol. The van der Waals surface area contributed by atoms with Crippen LogP contribution in [-0.2, 0) is 9.59 Å². The van der Waals surface area contributed by atoms with E-state index in [2.05, 4.69) is 0 Å². The highest BCUT2D eigenvalue weighted by Crippen LogP contribution is 2.32. The quantitative estimate of drug-likeness (QED) is 0.915. The predicted octanol–water partition coefficient (Wildman–Crippen LogP) is 3.16. The van der Waals surface area contributed by atoms with E-state index in [1.807, 2.05) is 48.5 Å². The van der Waals surface area contributed by atoms with Crippen LogP contribution in [0.5, 0.6) is 0 Å². The van der Waals surface area contributed by atoms with Gasteiger partial charge < -0.3 is 5.41 Å². The van der Waals surface area contributed by atoms with Gasteiger partial charge in [0.05, 0.1) is 12.1 Å². The molecule has 1 N–H and O–H groups in total. The molecule has 1 aliphatic carbocycles. The lowest BCUT2D eigenvalue weighted by Gasteiger charge is -2.19. The van der Waals surface area contributed by atoms with Crippen LogP contribution >= 0.6 is 0 Å². The van der Waals surface area contributed by atoms with Gasteiger partial charge in [0.25, 0.3) is 0 Å². The number of hydrogen-bond acceptors (Lipinski definition) is 3. The van der Waals surface area contributed by atoms with E-state index < -0.39 is 0 Å². The summed E-state index contributed by atoms with van der Waals surface area (Å²) < 4.78 is 0. The second-order valence-corrected chi connectivity index (χ2v) is 4.89. The number of Topliss-reactive ketones (excluding diaryl/α,β-unsaturated/α-hetero) is 2. The Balaban J connectivity index is 2.30. The number of allylic oxidation sites excluding steroid dienone is 2. The Morgan fingerprint density at radius 1 is 0.714 bits per heavy atom. The summed E-state index contributed by atoms with van der Waals surface area (Å²) >= 11 is 0. The van der Waals surface area contributed by atoms with Gasteiger partial charge in [-0.2, -0.15) is 0 Å². The number of carbonyl (C=O) groups is 2. The predicted molar refractivity (Wildman–Crippen MR) is 82.1 cm³/mol. The highest BCUT2D eigenvalue weighted by Gasteiger charge is 2.32. The average Bonchev–Trinajstić information content (AvgIpc) is 2.52. The first-order valence-corrected chi connectivity index (χ1v) is 6.69. The van der Waals surface area contributed by atoms with E-state index in [1.54, 1.807) is 12.1 Å². The molecule has 0 bridgehead atoms. The van der Waals surface area contributed by atoms with Crippen LogP contribution in [0.3, 0.4) is 0 Å². The number of carbonyl (C=O) groups excluding carboxylic acids is 2. The Labute approximate surface area is 122 Å². The molecule has 0 aromatic heterocycles. The van der Waals surface area contributed by atoms with Gasteiger partial charge in [0.1, 0.15) is 0 Å². The molecule has 0 fully saturated rings. The molecule has 0 saturated carbocycles. The topological polar surface area (TPSA) is 58.0 Å². The van der Waals surface area contributed by atoms with Gasteiger partial charge in [-0.1, -0.05) is 60.7 Å². The van der Waals surface area contributed by atoms with Crippen LogP contribution in [0.25, 0.3) is 11.1 Å². The maximum absolute atomic E-state index is 12.4. The summed E-state index contributed by atoms with van der Waals surface area (Å²) in [6.45, 7) is 0. The van der Waals surface area contributed by atoms with Crippen molar-refractivity contribution < 1.29 is 9.59 Å². The fourth-order valence-corrected chi connectivity index (χ4v) is 2.52. The molecular weight excluding hydrogens is 262 g/mol. The first-order chi connectivity index (χ1) is 10.2. The molecule has 3 heteroatoms. The van der Waals surface area contributed by atoms with Crippen molar-refractivity contribution in [2.24, 2.45) is 0 Å². The van der Waals surface area contributed by atoms with Crippen LogP contribution in [0.2, 0.25) is 0 Å². The molecular formula is C18H13NO2. The molecule has 3 nitrogen and oxygen atoms in total. The minimum Gasteiger partial charge on any atom is -0.301 e. The standard InChI is InChI=1S/C18H13NO2/c19-14-11-15(20)16(12-7-3-1-4-8-12)17(18(14)21)13-9-5-2-6-10-13/h1-10,19H,11H2. The highest BCUT2D eigenvalue weighted by atomic mass is 16.1. The molecule has 1 aliphatic rings. The summed E-state index contributed by atoms with van der Waals surface area (Å²) in [6, 6.07) is 18.3. The largest absolute Gasteiger partial charge is 0.301 e. The molecule has 0 unspecified atom stereocenters. The second-order valence-electron chi connectivity index (χ2n) is 4.89. The van der Waals surface area contributed by atoms with E-state index in [1.165, 1.54) is 0 Å². The van der Waals surface area contributed by atoms with Crippen molar-refractivity contribution in [2.75, 3.05) is 0 Å². The van der Waals surface area contributed by atoms with E-state index >= 15 is 0 Å². The van der Waals surface area contributed by atoms with Crippen molar-refractivity contribution >= 4 is 28.4 Å². The Bertz CT molecular complexity index is 758. The summed E-state index contributed by atoms with van der Waals surface area (Å²) in [6.07, 6.45) is -0.126. The van der Waals surface area contributed by atoms with Gasteiger partial charge in [0.15, 0.2) is 5.78 Å². The smallest absolute Gasteiger partial charge is 0.208 e. The van der Waals surface area contributed by atoms with Gasteiger partial charge >= 0.3 is 0 Å². The van der Waals surface area contributed by atoms with E-state index in [-0.39, 0.29) is 23.7 Å². The molecule has 0 amide bonds. The zero-order valence-corrected chi connectivity index (χ0v) is 11.3. The molecule has 0 spiro atoms. The maximum atomic E-state index is 12.4. The molecule has 0 radical (unpaired) electrons. The van der Waals surface area contributed by atoms with Crippen molar-refractivity contribution in [3.63, 3.8) is 0 Å². The van der Waals surface area contributed by atoms with E-state index in [0.717, 1.165) is 5.56 Å². The number of ketones is 2. The fraction of sp³-hybridized carbons (Fsp3) is 0.0556. The second kappa shape index (κ2) is 5.29. The Morgan fingerprint density at radius 2 is 1.19 bits per heavy atom. The van der Waals surface area contributed by atoms with Crippen LogP contribution < -0.4 is 0 Å². The van der Waals surface area contributed by atoms with Crippen molar-refractivity contribution in [2.45, 2.75) is 6.42 Å². The van der Waals surface area contributed by atoms with Gasteiger partial charge in [-0.15, -0.1) is 0 Å². The van der Waals surface area contributed by atoms with Crippen molar-refractivity contribution in [1.29, 1.82) is 5.41 Å². The highest BCUT2D eigenvalue weighted by molar-refractivity contribution is 6.66. The lowest BCUT2D eigenvalue weighted by molar-refractivity contribution is -0.114. The lowest BCUT2D eigenvalue weighted by atomic mass is 9.81. The summed E-state index contributed by atoms with van der Waals surface area (Å²) in [7, 11) is 0. The van der Waals surface area contributed by atoms with Crippen LogP contribution in [0, 0.1) is 5.41 Å². The van der Waals surface area contributed by atoms with Crippen molar-refractivity contribution in [3.05, 3.63) is 71.8 Å². The Hall–Kier alpha value is -2.81. The first kappa shape index (κ1) is 13.2. The first-order valence-electron chi connectivity index (χ1n) is 6.69. The van der Waals surface area contributed by atoms with Crippen LogP contribution in [0.1, 0.15) is 17.5 Å². The minimum absolute atomic E-state index is 0.126. The average molecular weight is 275 g/mol. The molecule has 0 saturated heterocycles. The molecule has 0 aliphatic heterocycles. The van der Waals surface area contributed by atoms with E-state index in [4.69, 9.17) is 5.41 Å². The van der Waals surface area contributed by atoms with Gasteiger partial charge in [-0.3, -0.25) is 9.59 Å². The van der Waals surface area contributed by atoms with Gasteiger partial charge in [0.2, 0.25) is 5.78 Å². The molecule has 102 valence electrons. The molecule has 3 rings (SSSR count). The summed E-state index contributed by atoms with van der Waals surface area (Å²) in [5, 5.41) is 7.75. The van der Waals surface area contributed by atoms with Gasteiger partial charge in [-0.05, 0) is 11.1 Å². The molecule has 0 heterocycles. The zero-order chi connectivity index (χ0) is 14.8. The lowest BCUT2D eigenvalue weighted by Crippen LogP contribution is -2.26. The summed E-state index contributed by atoms with van der Waals surface area (Å²) in [5.41, 5.74) is 2.02. The molecule has 0 atom stereocenters. The number of rotatable bonds is 2. The Kier molecular flexibility index (Phi) is 3.32. The van der Waals surface area contributed by atoms with Crippen molar-refractivity contribution in [1.82, 2.24) is 0 Å². The third-order valence-corrected chi connectivity index (χ3v) is 3.49. The van der Waals surface area contributed by atoms with Gasteiger partial charge in [0, 0.05) is 11.1 Å². The summed E-state index contributed by atoms with van der Waals surface area (Å²) in [5.74, 6) is -0.538. The van der Waals surface area contributed by atoms with Crippen LogP contribution in [-0.4, -0.2) is 17.3 Å². The maximum Gasteiger partial charge on any atom is 0.208 e. The number of hydrogen-bond donors (Lipinski definition) is 1. The molecule has 2 aromatic carbocycles. The SMILES string of the molecule is N=C1CC(=O)C(c2ccccc2)=C(c2ccccc2)C1=O. The van der Waals surface area contributed by atoms with Crippen LogP contribution in [0.4, 0.5) is 0 Å². The number of nitrogens with one attached hydrogen (secondary N) is 1. The normalized spacial score (nSPS) is 15.5. The van der Waals surface area contributed by atoms with Gasteiger partial charge in [-0.25, -0.2) is 0 Å². The minimum atomic E-state index is -0.361. The van der Waals surface area contributed by atoms with E-state index in [0.29, 0.717) is 16.7 Å². The Morgan fingerprint density at radius 3 is 1.71 bits per heavy atom. The summed E-state index contributed by atoms with van der Waals surface area (Å²) in [4.78, 5) is 24.8. The third-order valence-electron chi connectivity index (χ3n) is 3.49. The molecule has 2 aromatic rings. The van der Waals surface area contributed by atoms with E-state index in [9.17, 15) is 9.59 Å². The third kappa shape index (κ3) is 2.34. The zero-order valence-electron chi connectivity index (χ0n) is 11.3.